The topological polar surface area (TPSA) is 55.8 Å². The highest BCUT2D eigenvalue weighted by atomic mass is 32.2. The van der Waals surface area contributed by atoms with Crippen molar-refractivity contribution in [2.75, 3.05) is 20.8 Å². The molecule has 0 N–H and O–H groups in total. The number of thiophene rings is 1. The average Bonchev–Trinajstić information content (AvgIpc) is 3.36. The Kier molecular flexibility index (Phi) is 5.57. The van der Waals surface area contributed by atoms with E-state index in [-0.39, 0.29) is 6.04 Å². The highest BCUT2D eigenvalue weighted by molar-refractivity contribution is 7.93. The molecule has 0 radical (unpaired) electrons. The molecule has 2 heterocycles. The Bertz CT molecular complexity index is 1280. The van der Waals surface area contributed by atoms with E-state index in [9.17, 15) is 8.42 Å². The molecule has 0 saturated carbocycles. The SMILES string of the molecule is COc1cc2c(cc1OC)[C@@H](c1cccs1)N(S(=O)(=O)C1=Cc3ccccc3CC1)CC2. The zero-order valence-electron chi connectivity index (χ0n) is 18.1. The number of nitrogens with zero attached hydrogens (tertiary/aromatic N) is 1. The van der Waals surface area contributed by atoms with Crippen molar-refractivity contribution in [3.05, 3.63) is 85.9 Å². The normalized spacial score (nSPS) is 18.4. The molecule has 32 heavy (non-hydrogen) atoms. The lowest BCUT2D eigenvalue weighted by Gasteiger charge is -2.37. The molecule has 2 aromatic carbocycles. The summed E-state index contributed by atoms with van der Waals surface area (Å²) < 4.78 is 40.6. The fourth-order valence-corrected chi connectivity index (χ4v) is 7.38. The molecule has 0 unspecified atom stereocenters. The molecule has 1 aliphatic carbocycles. The van der Waals surface area contributed by atoms with E-state index in [1.54, 1.807) is 29.9 Å². The maximum Gasteiger partial charge on any atom is 0.240 e. The van der Waals surface area contributed by atoms with Gasteiger partial charge in [-0.2, -0.15) is 4.31 Å². The average molecular weight is 468 g/mol. The van der Waals surface area contributed by atoms with Crippen LogP contribution in [0.25, 0.3) is 6.08 Å². The molecule has 0 amide bonds. The van der Waals surface area contributed by atoms with Crippen LogP contribution in [0.2, 0.25) is 0 Å². The second kappa shape index (κ2) is 8.39. The standard InChI is InChI=1S/C25H25NO4S2/c1-29-22-15-19-11-12-26(25(24-8-5-13-31-24)21(19)16-23(22)30-2)32(27,28)20-10-9-17-6-3-4-7-18(17)14-20/h3-8,13-16,25H,9-12H2,1-2H3/t25-/m0/s1. The lowest BCUT2D eigenvalue weighted by Crippen LogP contribution is -2.41. The van der Waals surface area contributed by atoms with Gasteiger partial charge in [-0.1, -0.05) is 30.3 Å². The largest absolute Gasteiger partial charge is 0.493 e. The number of fused-ring (bicyclic) bond motifs is 2. The molecular weight excluding hydrogens is 442 g/mol. The Morgan fingerprint density at radius 3 is 2.47 bits per heavy atom. The van der Waals surface area contributed by atoms with Crippen LogP contribution in [0.4, 0.5) is 0 Å². The lowest BCUT2D eigenvalue weighted by molar-refractivity contribution is 0.335. The molecule has 1 aromatic heterocycles. The number of ether oxygens (including phenoxy) is 2. The van der Waals surface area contributed by atoms with Gasteiger partial charge < -0.3 is 9.47 Å². The second-order valence-electron chi connectivity index (χ2n) is 8.00. The third-order valence-electron chi connectivity index (χ3n) is 6.29. The van der Waals surface area contributed by atoms with Crippen LogP contribution < -0.4 is 9.47 Å². The van der Waals surface area contributed by atoms with Gasteiger partial charge in [0, 0.05) is 11.4 Å². The summed E-state index contributed by atoms with van der Waals surface area (Å²) in [6, 6.07) is 15.5. The fraction of sp³-hybridized carbons (Fsp3) is 0.280. The number of hydrogen-bond acceptors (Lipinski definition) is 5. The van der Waals surface area contributed by atoms with Crippen LogP contribution in [-0.4, -0.2) is 33.5 Å². The van der Waals surface area contributed by atoms with Gasteiger partial charge in [-0.3, -0.25) is 0 Å². The molecule has 0 spiro atoms. The maximum atomic E-state index is 13.9. The molecule has 3 aromatic rings. The number of benzene rings is 2. The van der Waals surface area contributed by atoms with Crippen molar-refractivity contribution in [3.8, 4) is 11.5 Å². The zero-order chi connectivity index (χ0) is 22.3. The van der Waals surface area contributed by atoms with E-state index < -0.39 is 10.0 Å². The number of aryl methyl sites for hydroxylation is 1. The van der Waals surface area contributed by atoms with E-state index in [1.807, 2.05) is 53.9 Å². The summed E-state index contributed by atoms with van der Waals surface area (Å²) in [5, 5.41) is 1.99. The Morgan fingerprint density at radius 1 is 0.938 bits per heavy atom. The van der Waals surface area contributed by atoms with Gasteiger partial charge >= 0.3 is 0 Å². The first-order valence-corrected chi connectivity index (χ1v) is 12.9. The van der Waals surface area contributed by atoms with Gasteiger partial charge in [0.2, 0.25) is 10.0 Å². The van der Waals surface area contributed by atoms with Gasteiger partial charge in [0.25, 0.3) is 0 Å². The molecule has 0 saturated heterocycles. The van der Waals surface area contributed by atoms with E-state index in [0.29, 0.717) is 35.8 Å². The summed E-state index contributed by atoms with van der Waals surface area (Å²) in [7, 11) is -0.430. The summed E-state index contributed by atoms with van der Waals surface area (Å²) in [5.41, 5.74) is 4.24. The summed E-state index contributed by atoms with van der Waals surface area (Å²) in [6.07, 6.45) is 3.73. The van der Waals surface area contributed by atoms with Crippen LogP contribution in [0.15, 0.2) is 58.8 Å². The van der Waals surface area contributed by atoms with Crippen LogP contribution in [0.5, 0.6) is 11.5 Å². The van der Waals surface area contributed by atoms with Gasteiger partial charge in [0.15, 0.2) is 11.5 Å². The summed E-state index contributed by atoms with van der Waals surface area (Å²) in [5.74, 6) is 1.27. The number of hydrogen-bond donors (Lipinski definition) is 0. The first-order chi connectivity index (χ1) is 15.5. The van der Waals surface area contributed by atoms with Crippen LogP contribution in [0, 0.1) is 0 Å². The van der Waals surface area contributed by atoms with Crippen LogP contribution in [-0.2, 0) is 22.9 Å². The molecule has 2 aliphatic rings. The molecule has 0 bridgehead atoms. The third kappa shape index (κ3) is 3.54. The number of sulfonamides is 1. The zero-order valence-corrected chi connectivity index (χ0v) is 19.7. The maximum absolute atomic E-state index is 13.9. The van der Waals surface area contributed by atoms with Gasteiger partial charge in [0.1, 0.15) is 0 Å². The van der Waals surface area contributed by atoms with Crippen molar-refractivity contribution in [1.82, 2.24) is 4.31 Å². The van der Waals surface area contributed by atoms with Gasteiger partial charge in [-0.25, -0.2) is 8.42 Å². The minimum atomic E-state index is -3.65. The number of rotatable bonds is 5. The Hall–Kier alpha value is -2.61. The minimum Gasteiger partial charge on any atom is -0.493 e. The fourth-order valence-electron chi connectivity index (χ4n) is 4.68. The van der Waals surface area contributed by atoms with Crippen molar-refractivity contribution in [2.45, 2.75) is 25.3 Å². The first-order valence-electron chi connectivity index (χ1n) is 10.6. The highest BCUT2D eigenvalue weighted by Gasteiger charge is 2.40. The Labute approximate surface area is 193 Å². The molecular formula is C25H25NO4S2. The van der Waals surface area contributed by atoms with Crippen molar-refractivity contribution in [1.29, 1.82) is 0 Å². The predicted molar refractivity (Wildman–Crippen MR) is 128 cm³/mol. The van der Waals surface area contributed by atoms with Crippen molar-refractivity contribution in [3.63, 3.8) is 0 Å². The van der Waals surface area contributed by atoms with Gasteiger partial charge in [-0.05, 0) is 71.2 Å². The Morgan fingerprint density at radius 2 is 1.72 bits per heavy atom. The van der Waals surface area contributed by atoms with Crippen LogP contribution in [0.1, 0.15) is 39.6 Å². The van der Waals surface area contributed by atoms with Crippen molar-refractivity contribution < 1.29 is 17.9 Å². The lowest BCUT2D eigenvalue weighted by atomic mass is 9.92. The molecule has 5 rings (SSSR count). The summed E-state index contributed by atoms with van der Waals surface area (Å²) in [4.78, 5) is 1.49. The molecule has 1 atom stereocenters. The summed E-state index contributed by atoms with van der Waals surface area (Å²) >= 11 is 1.57. The minimum absolute atomic E-state index is 0.387. The van der Waals surface area contributed by atoms with Gasteiger partial charge in [-0.15, -0.1) is 11.3 Å². The molecule has 1 aliphatic heterocycles. The third-order valence-corrected chi connectivity index (χ3v) is 9.21. The summed E-state index contributed by atoms with van der Waals surface area (Å²) in [6.45, 7) is 0.423. The van der Waals surface area contributed by atoms with Crippen molar-refractivity contribution >= 4 is 27.4 Å². The smallest absolute Gasteiger partial charge is 0.240 e. The molecule has 0 fully saturated rings. The molecule has 5 nitrogen and oxygen atoms in total. The first kappa shape index (κ1) is 21.2. The Balaban J connectivity index is 1.62. The van der Waals surface area contributed by atoms with E-state index in [0.717, 1.165) is 28.0 Å². The van der Waals surface area contributed by atoms with Gasteiger partial charge in [0.05, 0.1) is 25.2 Å². The van der Waals surface area contributed by atoms with E-state index >= 15 is 0 Å². The highest BCUT2D eigenvalue weighted by Crippen LogP contribution is 2.45. The number of methoxy groups -OCH3 is 2. The molecule has 7 heteroatoms. The molecule has 166 valence electrons. The van der Waals surface area contributed by atoms with Crippen molar-refractivity contribution in [2.24, 2.45) is 0 Å². The number of allylic oxidation sites excluding steroid dienone is 1. The quantitative estimate of drug-likeness (QED) is 0.528. The van der Waals surface area contributed by atoms with E-state index in [1.165, 1.54) is 5.56 Å². The van der Waals surface area contributed by atoms with Crippen LogP contribution >= 0.6 is 11.3 Å². The predicted octanol–water partition coefficient (Wildman–Crippen LogP) is 5.03. The van der Waals surface area contributed by atoms with E-state index in [2.05, 4.69) is 6.07 Å². The monoisotopic (exact) mass is 467 g/mol. The second-order valence-corrected chi connectivity index (χ2v) is 10.9. The van der Waals surface area contributed by atoms with E-state index in [4.69, 9.17) is 9.47 Å². The van der Waals surface area contributed by atoms with Crippen LogP contribution in [0.3, 0.4) is 0 Å².